The molecule has 0 aliphatic carbocycles. The number of nitrogens with zero attached hydrogens (tertiary/aromatic N) is 2. The number of rotatable bonds is 4. The third kappa shape index (κ3) is 3.39. The highest BCUT2D eigenvalue weighted by Crippen LogP contribution is 2.33. The largest absolute Gasteiger partial charge is 0.340 e. The molecule has 0 fully saturated rings. The van der Waals surface area contributed by atoms with Crippen LogP contribution in [0.2, 0.25) is 0 Å². The average Bonchev–Trinajstić information content (AvgIpc) is 3.04. The average molecular weight is 371 g/mol. The van der Waals surface area contributed by atoms with E-state index in [9.17, 15) is 9.59 Å². The molecule has 1 atom stereocenters. The summed E-state index contributed by atoms with van der Waals surface area (Å²) in [6, 6.07) is 18.9. The maximum absolute atomic E-state index is 13.0. The third-order valence-corrected chi connectivity index (χ3v) is 5.00. The lowest BCUT2D eigenvalue weighted by molar-refractivity contribution is 0.0979. The van der Waals surface area contributed by atoms with E-state index >= 15 is 0 Å². The fourth-order valence-electron chi connectivity index (χ4n) is 3.54. The summed E-state index contributed by atoms with van der Waals surface area (Å²) < 4.78 is 0. The van der Waals surface area contributed by atoms with Gasteiger partial charge in [-0.2, -0.15) is 0 Å². The number of carbonyl (C=O) groups is 2. The number of ketones is 1. The summed E-state index contributed by atoms with van der Waals surface area (Å²) in [7, 11) is 0. The van der Waals surface area contributed by atoms with Crippen LogP contribution in [-0.2, 0) is 6.42 Å². The standard InChI is InChI=1S/C23H21N3O2/c1-15-13-18-5-3-4-6-21(18)26(15)23(28)19-9-12-22(24-14-19)25-20-10-7-17(8-11-20)16(2)27/h3-12,14-15H,13H2,1-2H3,(H,24,25). The lowest BCUT2D eigenvalue weighted by Gasteiger charge is -2.22. The first-order valence-electron chi connectivity index (χ1n) is 9.28. The molecule has 5 nitrogen and oxygen atoms in total. The van der Waals surface area contributed by atoms with Gasteiger partial charge in [0.25, 0.3) is 5.91 Å². The molecule has 5 heteroatoms. The van der Waals surface area contributed by atoms with Gasteiger partial charge in [0.1, 0.15) is 5.82 Å². The summed E-state index contributed by atoms with van der Waals surface area (Å²) in [6.45, 7) is 3.60. The number of amides is 1. The Kier molecular flexibility index (Phi) is 4.65. The molecule has 1 unspecified atom stereocenters. The number of aromatic nitrogens is 1. The molecule has 0 saturated heterocycles. The number of anilines is 3. The topological polar surface area (TPSA) is 62.3 Å². The molecular weight excluding hydrogens is 350 g/mol. The highest BCUT2D eigenvalue weighted by Gasteiger charge is 2.31. The summed E-state index contributed by atoms with van der Waals surface area (Å²) >= 11 is 0. The molecule has 140 valence electrons. The van der Waals surface area contributed by atoms with Crippen molar-refractivity contribution in [2.75, 3.05) is 10.2 Å². The van der Waals surface area contributed by atoms with Crippen LogP contribution in [0.5, 0.6) is 0 Å². The quantitative estimate of drug-likeness (QED) is 0.680. The fourth-order valence-corrected chi connectivity index (χ4v) is 3.54. The Morgan fingerprint density at radius 1 is 1.00 bits per heavy atom. The van der Waals surface area contributed by atoms with Gasteiger partial charge in [-0.3, -0.25) is 9.59 Å². The van der Waals surface area contributed by atoms with Gasteiger partial charge >= 0.3 is 0 Å². The zero-order valence-electron chi connectivity index (χ0n) is 15.8. The Hall–Kier alpha value is -3.47. The first-order chi connectivity index (χ1) is 13.5. The van der Waals surface area contributed by atoms with Crippen molar-refractivity contribution in [3.63, 3.8) is 0 Å². The molecule has 1 amide bonds. The molecule has 0 spiro atoms. The van der Waals surface area contributed by atoms with Crippen LogP contribution in [0.1, 0.15) is 40.1 Å². The van der Waals surface area contributed by atoms with Gasteiger partial charge in [-0.1, -0.05) is 18.2 Å². The van der Waals surface area contributed by atoms with E-state index in [-0.39, 0.29) is 17.7 Å². The van der Waals surface area contributed by atoms with Crippen LogP contribution in [0.25, 0.3) is 0 Å². The first kappa shape index (κ1) is 17.9. The smallest absolute Gasteiger partial charge is 0.260 e. The Bertz CT molecular complexity index is 1030. The molecule has 4 rings (SSSR count). The minimum atomic E-state index is -0.0395. The van der Waals surface area contributed by atoms with E-state index in [1.54, 1.807) is 37.4 Å². The Balaban J connectivity index is 1.50. The van der Waals surface area contributed by atoms with E-state index < -0.39 is 0 Å². The molecule has 1 aliphatic rings. The normalized spacial score (nSPS) is 15.2. The maximum atomic E-state index is 13.0. The molecule has 0 radical (unpaired) electrons. The van der Waals surface area contributed by atoms with E-state index in [0.717, 1.165) is 17.8 Å². The van der Waals surface area contributed by atoms with Gasteiger partial charge in [0.05, 0.1) is 5.56 Å². The van der Waals surface area contributed by atoms with E-state index in [4.69, 9.17) is 0 Å². The number of hydrogen-bond donors (Lipinski definition) is 1. The maximum Gasteiger partial charge on any atom is 0.260 e. The minimum Gasteiger partial charge on any atom is -0.340 e. The van der Waals surface area contributed by atoms with Gasteiger partial charge in [-0.05, 0) is 68.3 Å². The van der Waals surface area contributed by atoms with E-state index in [0.29, 0.717) is 16.9 Å². The summed E-state index contributed by atoms with van der Waals surface area (Å²) in [4.78, 5) is 30.6. The van der Waals surface area contributed by atoms with Crippen LogP contribution in [-0.4, -0.2) is 22.7 Å². The van der Waals surface area contributed by atoms with Gasteiger partial charge in [0, 0.05) is 29.2 Å². The third-order valence-electron chi connectivity index (χ3n) is 5.00. The zero-order valence-corrected chi connectivity index (χ0v) is 15.8. The number of para-hydroxylation sites is 1. The second-order valence-electron chi connectivity index (χ2n) is 7.05. The molecule has 2 aromatic carbocycles. The van der Waals surface area contributed by atoms with Gasteiger partial charge in [0.2, 0.25) is 0 Å². The molecule has 1 N–H and O–H groups in total. The highest BCUT2D eigenvalue weighted by molar-refractivity contribution is 6.07. The van der Waals surface area contributed by atoms with Gasteiger partial charge < -0.3 is 10.2 Å². The van der Waals surface area contributed by atoms with Crippen LogP contribution in [0.3, 0.4) is 0 Å². The lowest BCUT2D eigenvalue weighted by atomic mass is 10.1. The Morgan fingerprint density at radius 2 is 1.71 bits per heavy atom. The molecule has 0 saturated carbocycles. The van der Waals surface area contributed by atoms with Gasteiger partial charge in [-0.15, -0.1) is 0 Å². The van der Waals surface area contributed by atoms with E-state index in [1.165, 1.54) is 5.56 Å². The van der Waals surface area contributed by atoms with Crippen LogP contribution in [0, 0.1) is 0 Å². The van der Waals surface area contributed by atoms with Gasteiger partial charge in [-0.25, -0.2) is 4.98 Å². The highest BCUT2D eigenvalue weighted by atomic mass is 16.2. The van der Waals surface area contributed by atoms with Crippen molar-refractivity contribution in [3.8, 4) is 0 Å². The fraction of sp³-hybridized carbons (Fsp3) is 0.174. The van der Waals surface area contributed by atoms with Crippen LogP contribution < -0.4 is 10.2 Å². The first-order valence-corrected chi connectivity index (χ1v) is 9.28. The van der Waals surface area contributed by atoms with Crippen molar-refractivity contribution < 1.29 is 9.59 Å². The summed E-state index contributed by atoms with van der Waals surface area (Å²) in [5, 5.41) is 3.18. The van der Waals surface area contributed by atoms with Crippen LogP contribution in [0.4, 0.5) is 17.2 Å². The summed E-state index contributed by atoms with van der Waals surface area (Å²) in [5.41, 5.74) is 4.23. The molecule has 1 aromatic heterocycles. The monoisotopic (exact) mass is 371 g/mol. The van der Waals surface area contributed by atoms with Crippen molar-refractivity contribution in [3.05, 3.63) is 83.6 Å². The van der Waals surface area contributed by atoms with Crippen molar-refractivity contribution in [2.24, 2.45) is 0 Å². The summed E-state index contributed by atoms with van der Waals surface area (Å²) in [5.74, 6) is 0.634. The number of carbonyl (C=O) groups excluding carboxylic acids is 2. The van der Waals surface area contributed by atoms with Crippen LogP contribution >= 0.6 is 0 Å². The summed E-state index contributed by atoms with van der Waals surface area (Å²) in [6.07, 6.45) is 2.47. The second-order valence-corrected chi connectivity index (χ2v) is 7.05. The number of nitrogens with one attached hydrogen (secondary N) is 1. The van der Waals surface area contributed by atoms with Crippen LogP contribution in [0.15, 0.2) is 66.9 Å². The molecule has 3 aromatic rings. The van der Waals surface area contributed by atoms with E-state index in [2.05, 4.69) is 23.3 Å². The SMILES string of the molecule is CC(=O)c1ccc(Nc2ccc(C(=O)N3c4ccccc4CC3C)cn2)cc1. The molecule has 1 aliphatic heterocycles. The molecular formula is C23H21N3O2. The van der Waals surface area contributed by atoms with Crippen molar-refractivity contribution >= 4 is 28.9 Å². The Labute approximate surface area is 164 Å². The van der Waals surface area contributed by atoms with Gasteiger partial charge in [0.15, 0.2) is 5.78 Å². The Morgan fingerprint density at radius 3 is 2.39 bits per heavy atom. The molecule has 2 heterocycles. The van der Waals surface area contributed by atoms with Crippen molar-refractivity contribution in [1.82, 2.24) is 4.98 Å². The van der Waals surface area contributed by atoms with Crippen molar-refractivity contribution in [1.29, 1.82) is 0 Å². The predicted molar refractivity (Wildman–Crippen MR) is 110 cm³/mol. The number of fused-ring (bicyclic) bond motifs is 1. The molecule has 28 heavy (non-hydrogen) atoms. The number of Topliss-reactive ketones (excluding diaryl/α,β-unsaturated/α-hetero) is 1. The number of hydrogen-bond acceptors (Lipinski definition) is 4. The van der Waals surface area contributed by atoms with E-state index in [1.807, 2.05) is 35.2 Å². The predicted octanol–water partition coefficient (Wildman–Crippen LogP) is 4.62. The minimum absolute atomic E-state index is 0.0326. The number of benzene rings is 2. The second kappa shape index (κ2) is 7.27. The zero-order chi connectivity index (χ0) is 19.7. The van der Waals surface area contributed by atoms with Crippen molar-refractivity contribution in [2.45, 2.75) is 26.3 Å². The lowest BCUT2D eigenvalue weighted by Crippen LogP contribution is -2.35. The molecule has 0 bridgehead atoms. The number of pyridine rings is 1.